The molecule has 0 saturated carbocycles. The zero-order valence-electron chi connectivity index (χ0n) is 15.7. The van der Waals surface area contributed by atoms with Crippen LogP contribution < -0.4 is 14.8 Å². The van der Waals surface area contributed by atoms with Crippen molar-refractivity contribution >= 4 is 38.4 Å². The average molecular weight is 410 g/mol. The van der Waals surface area contributed by atoms with Crippen molar-refractivity contribution in [3.05, 3.63) is 60.6 Å². The van der Waals surface area contributed by atoms with Crippen LogP contribution in [0.15, 0.2) is 54.9 Å². The molecule has 3 N–H and O–H groups in total. The zero-order valence-corrected chi connectivity index (χ0v) is 16.5. The van der Waals surface area contributed by atoms with Crippen LogP contribution in [0, 0.1) is 6.92 Å². The van der Waals surface area contributed by atoms with Gasteiger partial charge in [-0.1, -0.05) is 0 Å². The number of anilines is 3. The summed E-state index contributed by atoms with van der Waals surface area (Å²) in [5, 5.41) is 4.06. The van der Waals surface area contributed by atoms with E-state index >= 15 is 0 Å². The lowest BCUT2D eigenvalue weighted by atomic mass is 10.2. The van der Waals surface area contributed by atoms with E-state index < -0.39 is 10.0 Å². The minimum absolute atomic E-state index is 0.228. The zero-order chi connectivity index (χ0) is 20.4. The molecule has 4 aromatic rings. The normalized spacial score (nSPS) is 11.4. The maximum atomic E-state index is 11.2. The number of nitrogens with zero attached hydrogens (tertiary/aromatic N) is 3. The predicted octanol–water partition coefficient (Wildman–Crippen LogP) is 3.57. The standard InChI is InChI=1S/C19H18N6O3S/c1-12-9-13-10-15(4-5-16(13)22-12)28-18-7-8-20-19(24-18)23-14-3-6-17(21-11-14)25-29(2,26)27/h3-11,22H,1-2H3,(H,21,25)(H,20,23,24). The molecular weight excluding hydrogens is 392 g/mol. The van der Waals surface area contributed by atoms with Crippen LogP contribution in [0.4, 0.5) is 17.5 Å². The molecular formula is C19H18N6O3S. The van der Waals surface area contributed by atoms with E-state index in [1.807, 2.05) is 31.2 Å². The molecule has 0 amide bonds. The van der Waals surface area contributed by atoms with Gasteiger partial charge in [0, 0.05) is 28.9 Å². The Morgan fingerprint density at radius 1 is 1.07 bits per heavy atom. The number of sulfonamides is 1. The molecule has 3 heterocycles. The van der Waals surface area contributed by atoms with Gasteiger partial charge in [0.25, 0.3) is 0 Å². The molecule has 0 spiro atoms. The van der Waals surface area contributed by atoms with E-state index in [0.29, 0.717) is 23.3 Å². The number of ether oxygens (including phenoxy) is 1. The quantitative estimate of drug-likeness (QED) is 0.444. The molecule has 0 aliphatic rings. The molecule has 9 nitrogen and oxygen atoms in total. The topological polar surface area (TPSA) is 122 Å². The number of hydrogen-bond donors (Lipinski definition) is 3. The Kier molecular flexibility index (Phi) is 4.77. The highest BCUT2D eigenvalue weighted by Gasteiger charge is 2.06. The van der Waals surface area contributed by atoms with Crippen LogP contribution in [0.2, 0.25) is 0 Å². The number of aromatic nitrogens is 4. The van der Waals surface area contributed by atoms with Crippen molar-refractivity contribution in [3.63, 3.8) is 0 Å². The summed E-state index contributed by atoms with van der Waals surface area (Å²) in [6.07, 6.45) is 4.12. The summed E-state index contributed by atoms with van der Waals surface area (Å²) < 4.78 is 30.6. The Labute approximate surface area is 167 Å². The van der Waals surface area contributed by atoms with Crippen LogP contribution in [0.5, 0.6) is 11.6 Å². The van der Waals surface area contributed by atoms with E-state index in [2.05, 4.69) is 30.0 Å². The van der Waals surface area contributed by atoms with E-state index in [1.165, 1.54) is 12.3 Å². The van der Waals surface area contributed by atoms with E-state index in [1.54, 1.807) is 18.3 Å². The number of H-pyrrole nitrogens is 1. The number of fused-ring (bicyclic) bond motifs is 1. The molecule has 0 fully saturated rings. The van der Waals surface area contributed by atoms with Crippen molar-refractivity contribution in [3.8, 4) is 11.6 Å². The predicted molar refractivity (Wildman–Crippen MR) is 111 cm³/mol. The second-order valence-electron chi connectivity index (χ2n) is 6.45. The third-order valence-corrected chi connectivity index (χ3v) is 4.47. The van der Waals surface area contributed by atoms with Crippen molar-refractivity contribution < 1.29 is 13.2 Å². The fourth-order valence-corrected chi connectivity index (χ4v) is 3.25. The van der Waals surface area contributed by atoms with Crippen molar-refractivity contribution in [1.29, 1.82) is 0 Å². The second-order valence-corrected chi connectivity index (χ2v) is 8.20. The molecule has 29 heavy (non-hydrogen) atoms. The lowest BCUT2D eigenvalue weighted by Crippen LogP contribution is -2.10. The molecule has 0 aliphatic heterocycles. The maximum absolute atomic E-state index is 11.2. The SMILES string of the molecule is Cc1cc2cc(Oc3ccnc(Nc4ccc(NS(C)(=O)=O)nc4)n3)ccc2[nH]1. The summed E-state index contributed by atoms with van der Waals surface area (Å²) in [5.74, 6) is 1.61. The van der Waals surface area contributed by atoms with Gasteiger partial charge in [-0.25, -0.2) is 18.4 Å². The van der Waals surface area contributed by atoms with Crippen LogP contribution in [0.1, 0.15) is 5.69 Å². The highest BCUT2D eigenvalue weighted by atomic mass is 32.2. The van der Waals surface area contributed by atoms with Crippen molar-refractivity contribution in [2.45, 2.75) is 6.92 Å². The minimum Gasteiger partial charge on any atom is -0.439 e. The Hall–Kier alpha value is -3.66. The summed E-state index contributed by atoms with van der Waals surface area (Å²) in [4.78, 5) is 15.8. The van der Waals surface area contributed by atoms with E-state index in [0.717, 1.165) is 22.9 Å². The second kappa shape index (κ2) is 7.40. The van der Waals surface area contributed by atoms with E-state index in [9.17, 15) is 8.42 Å². The van der Waals surface area contributed by atoms with Crippen molar-refractivity contribution in [1.82, 2.24) is 19.9 Å². The molecule has 0 unspecified atom stereocenters. The molecule has 0 bridgehead atoms. The van der Waals surface area contributed by atoms with E-state index in [4.69, 9.17) is 4.74 Å². The number of aryl methyl sites for hydroxylation is 1. The van der Waals surface area contributed by atoms with Gasteiger partial charge in [-0.3, -0.25) is 4.72 Å². The third-order valence-electron chi connectivity index (χ3n) is 3.89. The molecule has 0 radical (unpaired) electrons. The average Bonchev–Trinajstić information content (AvgIpc) is 3.02. The van der Waals surface area contributed by atoms with Gasteiger partial charge in [0.15, 0.2) is 0 Å². The first-order chi connectivity index (χ1) is 13.8. The summed E-state index contributed by atoms with van der Waals surface area (Å²) in [6.45, 7) is 2.00. The molecule has 1 aromatic carbocycles. The molecule has 148 valence electrons. The van der Waals surface area contributed by atoms with Gasteiger partial charge in [-0.2, -0.15) is 4.98 Å². The van der Waals surface area contributed by atoms with Gasteiger partial charge in [-0.05, 0) is 43.3 Å². The highest BCUT2D eigenvalue weighted by molar-refractivity contribution is 7.92. The summed E-state index contributed by atoms with van der Waals surface area (Å²) in [5.41, 5.74) is 2.73. The first kappa shape index (κ1) is 18.7. The van der Waals surface area contributed by atoms with Gasteiger partial charge in [0.1, 0.15) is 11.6 Å². The van der Waals surface area contributed by atoms with Crippen LogP contribution >= 0.6 is 0 Å². The number of benzene rings is 1. The number of nitrogens with one attached hydrogen (secondary N) is 3. The van der Waals surface area contributed by atoms with Gasteiger partial charge in [-0.15, -0.1) is 0 Å². The van der Waals surface area contributed by atoms with Crippen LogP contribution in [-0.4, -0.2) is 34.6 Å². The third kappa shape index (κ3) is 4.79. The number of aromatic amines is 1. The largest absolute Gasteiger partial charge is 0.439 e. The maximum Gasteiger partial charge on any atom is 0.230 e. The molecule has 0 aliphatic carbocycles. The van der Waals surface area contributed by atoms with Crippen molar-refractivity contribution in [2.75, 3.05) is 16.3 Å². The first-order valence-corrected chi connectivity index (χ1v) is 10.5. The Morgan fingerprint density at radius 3 is 2.69 bits per heavy atom. The monoisotopic (exact) mass is 410 g/mol. The molecule has 0 atom stereocenters. The van der Waals surface area contributed by atoms with Gasteiger partial charge >= 0.3 is 0 Å². The summed E-state index contributed by atoms with van der Waals surface area (Å²) in [6, 6.07) is 12.7. The summed E-state index contributed by atoms with van der Waals surface area (Å²) in [7, 11) is -3.37. The first-order valence-electron chi connectivity index (χ1n) is 8.65. The number of pyridine rings is 1. The highest BCUT2D eigenvalue weighted by Crippen LogP contribution is 2.25. The van der Waals surface area contributed by atoms with Crippen LogP contribution in [0.3, 0.4) is 0 Å². The molecule has 10 heteroatoms. The lowest BCUT2D eigenvalue weighted by Gasteiger charge is -2.08. The fourth-order valence-electron chi connectivity index (χ4n) is 2.75. The minimum atomic E-state index is -3.37. The number of hydrogen-bond acceptors (Lipinski definition) is 7. The lowest BCUT2D eigenvalue weighted by molar-refractivity contribution is 0.463. The van der Waals surface area contributed by atoms with Gasteiger partial charge in [0.05, 0.1) is 18.1 Å². The van der Waals surface area contributed by atoms with Gasteiger partial charge < -0.3 is 15.0 Å². The Bertz CT molecular complexity index is 1270. The molecule has 3 aromatic heterocycles. The fraction of sp³-hybridized carbons (Fsp3) is 0.105. The summed E-state index contributed by atoms with van der Waals surface area (Å²) >= 11 is 0. The Morgan fingerprint density at radius 2 is 1.93 bits per heavy atom. The van der Waals surface area contributed by atoms with Crippen LogP contribution in [-0.2, 0) is 10.0 Å². The van der Waals surface area contributed by atoms with E-state index in [-0.39, 0.29) is 5.82 Å². The van der Waals surface area contributed by atoms with Crippen molar-refractivity contribution in [2.24, 2.45) is 0 Å². The smallest absolute Gasteiger partial charge is 0.230 e. The molecule has 0 saturated heterocycles. The van der Waals surface area contributed by atoms with Crippen LogP contribution in [0.25, 0.3) is 10.9 Å². The Balaban J connectivity index is 1.48. The molecule has 4 rings (SSSR count). The van der Waals surface area contributed by atoms with Gasteiger partial charge in [0.2, 0.25) is 21.9 Å². The number of rotatable bonds is 6.